The zero-order valence-corrected chi connectivity index (χ0v) is 12.9. The highest BCUT2D eigenvalue weighted by Gasteiger charge is 2.31. The van der Waals surface area contributed by atoms with E-state index in [0.717, 1.165) is 12.1 Å². The molecule has 0 radical (unpaired) electrons. The van der Waals surface area contributed by atoms with Crippen LogP contribution in [0.25, 0.3) is 0 Å². The van der Waals surface area contributed by atoms with E-state index >= 15 is 0 Å². The summed E-state index contributed by atoms with van der Waals surface area (Å²) in [5, 5.41) is 2.41. The van der Waals surface area contributed by atoms with Gasteiger partial charge < -0.3 is 10.3 Å². The molecule has 2 aromatic rings. The molecule has 0 bridgehead atoms. The van der Waals surface area contributed by atoms with Crippen molar-refractivity contribution in [2.45, 2.75) is 6.18 Å². The van der Waals surface area contributed by atoms with E-state index in [9.17, 15) is 18.0 Å². The van der Waals surface area contributed by atoms with E-state index in [1.807, 2.05) is 0 Å². The van der Waals surface area contributed by atoms with Gasteiger partial charge in [0.15, 0.2) is 0 Å². The molecule has 1 heterocycles. The van der Waals surface area contributed by atoms with Crippen molar-refractivity contribution in [3.8, 4) is 0 Å². The van der Waals surface area contributed by atoms with Gasteiger partial charge in [0.1, 0.15) is 5.69 Å². The third-order valence-electron chi connectivity index (χ3n) is 2.43. The molecular formula is C12H7Br2F3N2O. The summed E-state index contributed by atoms with van der Waals surface area (Å²) in [6, 6.07) is 4.57. The summed E-state index contributed by atoms with van der Waals surface area (Å²) >= 11 is 6.27. The van der Waals surface area contributed by atoms with Gasteiger partial charge in [0, 0.05) is 15.1 Å². The van der Waals surface area contributed by atoms with Crippen LogP contribution in [0.5, 0.6) is 0 Å². The van der Waals surface area contributed by atoms with Crippen molar-refractivity contribution < 1.29 is 18.0 Å². The molecule has 106 valence electrons. The maximum atomic E-state index is 12.6. The molecule has 0 aliphatic heterocycles. The third-order valence-corrected chi connectivity index (χ3v) is 3.58. The fourth-order valence-corrected chi connectivity index (χ4v) is 2.18. The molecule has 0 aliphatic carbocycles. The Morgan fingerprint density at radius 2 is 1.90 bits per heavy atom. The quantitative estimate of drug-likeness (QED) is 0.731. The van der Waals surface area contributed by atoms with Crippen LogP contribution < -0.4 is 5.32 Å². The van der Waals surface area contributed by atoms with E-state index in [0.29, 0.717) is 8.95 Å². The highest BCUT2D eigenvalue weighted by molar-refractivity contribution is 9.10. The number of halogens is 5. The topological polar surface area (TPSA) is 44.9 Å². The molecular weight excluding hydrogens is 405 g/mol. The number of amides is 1. The first kappa shape index (κ1) is 15.1. The Labute approximate surface area is 128 Å². The van der Waals surface area contributed by atoms with Crippen molar-refractivity contribution in [3.05, 3.63) is 50.7 Å². The standard InChI is InChI=1S/C12H7Br2F3N2O/c13-7-4-10(18-5-7)11(20)19-9-3-6(12(15,16)17)1-2-8(9)14/h1-5,18H,(H,19,20). The van der Waals surface area contributed by atoms with Crippen LogP contribution in [-0.4, -0.2) is 10.9 Å². The van der Waals surface area contributed by atoms with Gasteiger partial charge in [0.2, 0.25) is 0 Å². The molecule has 1 aromatic carbocycles. The number of rotatable bonds is 2. The highest BCUT2D eigenvalue weighted by atomic mass is 79.9. The number of hydrogen-bond acceptors (Lipinski definition) is 1. The van der Waals surface area contributed by atoms with E-state index in [4.69, 9.17) is 0 Å². The van der Waals surface area contributed by atoms with Gasteiger partial charge in [-0.3, -0.25) is 4.79 Å². The number of aromatic nitrogens is 1. The van der Waals surface area contributed by atoms with Crippen LogP contribution in [0.3, 0.4) is 0 Å². The Kier molecular flexibility index (Phi) is 4.24. The number of carbonyl (C=O) groups is 1. The molecule has 0 saturated carbocycles. The second-order valence-corrected chi connectivity index (χ2v) is 5.65. The predicted molar refractivity (Wildman–Crippen MR) is 75.6 cm³/mol. The number of alkyl halides is 3. The molecule has 0 fully saturated rings. The molecule has 0 spiro atoms. The molecule has 0 saturated heterocycles. The van der Waals surface area contributed by atoms with Crippen LogP contribution in [0.1, 0.15) is 16.1 Å². The summed E-state index contributed by atoms with van der Waals surface area (Å²) in [6.45, 7) is 0. The average molecular weight is 412 g/mol. The molecule has 2 rings (SSSR count). The first-order chi connectivity index (χ1) is 9.27. The Morgan fingerprint density at radius 1 is 1.20 bits per heavy atom. The van der Waals surface area contributed by atoms with Gasteiger partial charge in [-0.2, -0.15) is 13.2 Å². The monoisotopic (exact) mass is 410 g/mol. The van der Waals surface area contributed by atoms with E-state index in [1.54, 1.807) is 6.20 Å². The lowest BCUT2D eigenvalue weighted by Gasteiger charge is -2.11. The van der Waals surface area contributed by atoms with Gasteiger partial charge in [-0.15, -0.1) is 0 Å². The molecule has 1 amide bonds. The summed E-state index contributed by atoms with van der Waals surface area (Å²) in [5.41, 5.74) is -0.541. The minimum atomic E-state index is -4.46. The maximum absolute atomic E-state index is 12.6. The number of nitrogens with one attached hydrogen (secondary N) is 2. The Morgan fingerprint density at radius 3 is 2.45 bits per heavy atom. The molecule has 2 N–H and O–H groups in total. The summed E-state index contributed by atoms with van der Waals surface area (Å²) in [6.07, 6.45) is -2.91. The minimum absolute atomic E-state index is 0.0514. The second-order valence-electron chi connectivity index (χ2n) is 3.88. The lowest BCUT2D eigenvalue weighted by Crippen LogP contribution is -2.14. The number of aromatic amines is 1. The summed E-state index contributed by atoms with van der Waals surface area (Å²) in [5.74, 6) is -0.532. The highest BCUT2D eigenvalue weighted by Crippen LogP contribution is 2.34. The number of hydrogen-bond donors (Lipinski definition) is 2. The molecule has 0 atom stereocenters. The van der Waals surface area contributed by atoms with Gasteiger partial charge in [-0.25, -0.2) is 0 Å². The Hall–Kier alpha value is -1.28. The van der Waals surface area contributed by atoms with Crippen molar-refractivity contribution >= 4 is 43.5 Å². The molecule has 1 aromatic heterocycles. The zero-order valence-electron chi connectivity index (χ0n) is 9.68. The normalized spacial score (nSPS) is 11.4. The molecule has 0 unspecified atom stereocenters. The van der Waals surface area contributed by atoms with Crippen molar-refractivity contribution in [2.75, 3.05) is 5.32 Å². The van der Waals surface area contributed by atoms with E-state index in [1.165, 1.54) is 12.1 Å². The van der Waals surface area contributed by atoms with Crippen molar-refractivity contribution in [2.24, 2.45) is 0 Å². The molecule has 3 nitrogen and oxygen atoms in total. The van der Waals surface area contributed by atoms with Crippen LogP contribution in [0.2, 0.25) is 0 Å². The largest absolute Gasteiger partial charge is 0.416 e. The summed E-state index contributed by atoms with van der Waals surface area (Å²) in [4.78, 5) is 14.6. The van der Waals surface area contributed by atoms with Crippen LogP contribution in [0.15, 0.2) is 39.4 Å². The minimum Gasteiger partial charge on any atom is -0.356 e. The lowest BCUT2D eigenvalue weighted by atomic mass is 10.2. The van der Waals surface area contributed by atoms with Gasteiger partial charge in [0.25, 0.3) is 5.91 Å². The van der Waals surface area contributed by atoms with Crippen LogP contribution >= 0.6 is 31.9 Å². The second kappa shape index (κ2) is 5.61. The number of anilines is 1. The van der Waals surface area contributed by atoms with Crippen LogP contribution in [0.4, 0.5) is 18.9 Å². The van der Waals surface area contributed by atoms with Crippen molar-refractivity contribution in [3.63, 3.8) is 0 Å². The third kappa shape index (κ3) is 3.43. The molecule has 0 aliphatic rings. The van der Waals surface area contributed by atoms with Gasteiger partial charge >= 0.3 is 6.18 Å². The average Bonchev–Trinajstić information content (AvgIpc) is 2.77. The molecule has 20 heavy (non-hydrogen) atoms. The van der Waals surface area contributed by atoms with Crippen LogP contribution in [-0.2, 0) is 6.18 Å². The lowest BCUT2D eigenvalue weighted by molar-refractivity contribution is -0.137. The first-order valence-corrected chi connectivity index (χ1v) is 6.88. The first-order valence-electron chi connectivity index (χ1n) is 5.29. The Balaban J connectivity index is 2.27. The number of H-pyrrole nitrogens is 1. The summed E-state index contributed by atoms with van der Waals surface area (Å²) < 4.78 is 38.9. The number of carbonyl (C=O) groups excluding carboxylic acids is 1. The van der Waals surface area contributed by atoms with Gasteiger partial charge in [-0.05, 0) is 56.1 Å². The van der Waals surface area contributed by atoms with E-state index in [-0.39, 0.29) is 11.4 Å². The molecule has 8 heteroatoms. The predicted octanol–water partition coefficient (Wildman–Crippen LogP) is 4.81. The smallest absolute Gasteiger partial charge is 0.356 e. The number of benzene rings is 1. The van der Waals surface area contributed by atoms with E-state index < -0.39 is 17.6 Å². The van der Waals surface area contributed by atoms with E-state index in [2.05, 4.69) is 42.2 Å². The van der Waals surface area contributed by atoms with Gasteiger partial charge in [0.05, 0.1) is 11.3 Å². The Bertz CT molecular complexity index is 652. The summed E-state index contributed by atoms with van der Waals surface area (Å²) in [7, 11) is 0. The van der Waals surface area contributed by atoms with Crippen molar-refractivity contribution in [1.82, 2.24) is 4.98 Å². The van der Waals surface area contributed by atoms with Gasteiger partial charge in [-0.1, -0.05) is 0 Å². The fraction of sp³-hybridized carbons (Fsp3) is 0.0833. The van der Waals surface area contributed by atoms with Crippen LogP contribution in [0, 0.1) is 0 Å². The van der Waals surface area contributed by atoms with Crippen molar-refractivity contribution in [1.29, 1.82) is 0 Å². The fourth-order valence-electron chi connectivity index (χ4n) is 1.49. The maximum Gasteiger partial charge on any atom is 0.416 e. The SMILES string of the molecule is O=C(Nc1cc(C(F)(F)F)ccc1Br)c1cc(Br)c[nH]1. The zero-order chi connectivity index (χ0) is 14.9.